The van der Waals surface area contributed by atoms with E-state index in [1.54, 1.807) is 0 Å². The first-order valence-corrected chi connectivity index (χ1v) is 13.9. The maximum Gasteiger partial charge on any atom is 0.410 e. The molecule has 2 rings (SSSR count). The lowest BCUT2D eigenvalue weighted by atomic mass is 9.96. The maximum atomic E-state index is 12.3. The van der Waals surface area contributed by atoms with Gasteiger partial charge in [0.05, 0.1) is 4.63 Å². The summed E-state index contributed by atoms with van der Waals surface area (Å²) in [6, 6.07) is 0. The average Bonchev–Trinajstić information content (AvgIpc) is 3.03. The van der Waals surface area contributed by atoms with E-state index < -0.39 is 13.7 Å². The Labute approximate surface area is 177 Å². The monoisotopic (exact) mass is 424 g/mol. The van der Waals surface area contributed by atoms with E-state index in [-0.39, 0.29) is 6.09 Å². The molecule has 160 valence electrons. The minimum Gasteiger partial charge on any atom is -0.444 e. The molecule has 0 atom stereocenters. The standard InChI is InChI=1S/C22H40N2O2SSi/c1-15(2)28(16(3)4,17(5)6)20-23-14-19(27-20)18-10-12-24(13-11-18)21(25)26-22(7,8)9/h14-18H,10-13H2,1-9H3. The third-order valence-corrected chi connectivity index (χ3v) is 15.3. The molecule has 0 bridgehead atoms. The molecule has 0 unspecified atom stereocenters. The Hall–Kier alpha value is -0.883. The van der Waals surface area contributed by atoms with Crippen LogP contribution in [0.1, 0.15) is 86.0 Å². The van der Waals surface area contributed by atoms with Crippen LogP contribution in [0, 0.1) is 0 Å². The lowest BCUT2D eigenvalue weighted by Crippen LogP contribution is -2.55. The van der Waals surface area contributed by atoms with Crippen molar-refractivity contribution in [3.63, 3.8) is 0 Å². The summed E-state index contributed by atoms with van der Waals surface area (Å²) in [5.74, 6) is 0.517. The zero-order valence-electron chi connectivity index (χ0n) is 19.3. The molecule has 6 heteroatoms. The number of thiazole rings is 1. The number of aromatic nitrogens is 1. The second kappa shape index (κ2) is 8.86. The maximum absolute atomic E-state index is 12.3. The van der Waals surface area contributed by atoms with Crippen molar-refractivity contribution < 1.29 is 9.53 Å². The van der Waals surface area contributed by atoms with E-state index in [0.717, 1.165) is 25.9 Å². The Morgan fingerprint density at radius 3 is 2.04 bits per heavy atom. The molecule has 1 fully saturated rings. The number of rotatable bonds is 5. The summed E-state index contributed by atoms with van der Waals surface area (Å²) in [5, 5.41) is 0. The van der Waals surface area contributed by atoms with Gasteiger partial charge in [-0.2, -0.15) is 0 Å². The number of ether oxygens (including phenoxy) is 1. The number of nitrogens with zero attached hydrogens (tertiary/aromatic N) is 2. The third-order valence-electron chi connectivity index (χ3n) is 6.31. The fourth-order valence-electron chi connectivity index (χ4n) is 5.09. The first-order valence-electron chi connectivity index (χ1n) is 10.8. The van der Waals surface area contributed by atoms with Gasteiger partial charge in [-0.15, -0.1) is 11.3 Å². The fourth-order valence-corrected chi connectivity index (χ4v) is 14.9. The van der Waals surface area contributed by atoms with Crippen molar-refractivity contribution in [2.75, 3.05) is 13.1 Å². The van der Waals surface area contributed by atoms with Gasteiger partial charge in [-0.25, -0.2) is 4.79 Å². The molecule has 1 aromatic rings. The lowest BCUT2D eigenvalue weighted by Gasteiger charge is -2.41. The van der Waals surface area contributed by atoms with Gasteiger partial charge in [0.2, 0.25) is 0 Å². The number of amides is 1. The first kappa shape index (κ1) is 23.4. The van der Waals surface area contributed by atoms with Crippen molar-refractivity contribution in [2.24, 2.45) is 0 Å². The summed E-state index contributed by atoms with van der Waals surface area (Å²) in [5.41, 5.74) is 1.61. The predicted octanol–water partition coefficient (Wildman–Crippen LogP) is 6.14. The third kappa shape index (κ3) is 4.81. The van der Waals surface area contributed by atoms with Gasteiger partial charge in [-0.3, -0.25) is 4.98 Å². The number of carbonyl (C=O) groups is 1. The summed E-state index contributed by atoms with van der Waals surface area (Å²) in [7, 11) is -1.68. The molecule has 1 amide bonds. The number of likely N-dealkylation sites (tertiary alicyclic amines) is 1. The van der Waals surface area contributed by atoms with Crippen LogP contribution in [0.25, 0.3) is 0 Å². The zero-order valence-corrected chi connectivity index (χ0v) is 21.2. The topological polar surface area (TPSA) is 42.4 Å². The smallest absolute Gasteiger partial charge is 0.410 e. The van der Waals surface area contributed by atoms with Crippen LogP contribution in [0.5, 0.6) is 0 Å². The Morgan fingerprint density at radius 2 is 1.61 bits per heavy atom. The van der Waals surface area contributed by atoms with Gasteiger partial charge in [0.25, 0.3) is 0 Å². The van der Waals surface area contributed by atoms with Gasteiger partial charge in [-0.1, -0.05) is 41.5 Å². The number of piperidine rings is 1. The van der Waals surface area contributed by atoms with Gasteiger partial charge in [0.1, 0.15) is 13.7 Å². The van der Waals surface area contributed by atoms with Crippen LogP contribution in [0.2, 0.25) is 16.6 Å². The average molecular weight is 425 g/mol. The van der Waals surface area contributed by atoms with Crippen molar-refractivity contribution >= 4 is 30.1 Å². The van der Waals surface area contributed by atoms with Gasteiger partial charge in [0, 0.05) is 24.2 Å². The second-order valence-corrected chi connectivity index (χ2v) is 17.4. The quantitative estimate of drug-likeness (QED) is 0.533. The minimum atomic E-state index is -1.68. The van der Waals surface area contributed by atoms with Crippen LogP contribution in [0.4, 0.5) is 4.79 Å². The molecule has 0 N–H and O–H groups in total. The zero-order chi connectivity index (χ0) is 21.3. The summed E-state index contributed by atoms with van der Waals surface area (Å²) >= 11 is 1.97. The molecule has 1 aromatic heterocycles. The molecule has 0 saturated carbocycles. The van der Waals surface area contributed by atoms with Gasteiger partial charge in [-0.05, 0) is 56.2 Å². The van der Waals surface area contributed by atoms with E-state index >= 15 is 0 Å². The number of hydrogen-bond donors (Lipinski definition) is 0. The largest absolute Gasteiger partial charge is 0.444 e. The molecule has 4 nitrogen and oxygen atoms in total. The van der Waals surface area contributed by atoms with E-state index in [0.29, 0.717) is 22.5 Å². The predicted molar refractivity (Wildman–Crippen MR) is 123 cm³/mol. The molecule has 2 heterocycles. The highest BCUT2D eigenvalue weighted by Gasteiger charge is 2.47. The van der Waals surface area contributed by atoms with E-state index in [1.807, 2.05) is 37.0 Å². The Morgan fingerprint density at radius 1 is 1.11 bits per heavy atom. The second-order valence-electron chi connectivity index (χ2n) is 10.2. The molecular weight excluding hydrogens is 384 g/mol. The highest BCUT2D eigenvalue weighted by Crippen LogP contribution is 2.42. The van der Waals surface area contributed by atoms with Crippen LogP contribution < -0.4 is 4.63 Å². The van der Waals surface area contributed by atoms with Crippen LogP contribution >= 0.6 is 11.3 Å². The summed E-state index contributed by atoms with van der Waals surface area (Å²) in [4.78, 5) is 20.6. The summed E-state index contributed by atoms with van der Waals surface area (Å²) in [6.07, 6.45) is 3.96. The summed E-state index contributed by atoms with van der Waals surface area (Å²) in [6.45, 7) is 21.7. The highest BCUT2D eigenvalue weighted by molar-refractivity contribution is 7.27. The SMILES string of the molecule is CC(C)[Si](c1ncc(C2CCN(C(=O)OC(C)(C)C)CC2)s1)(C(C)C)C(C)C. The van der Waals surface area contributed by atoms with Gasteiger partial charge >= 0.3 is 6.09 Å². The number of hydrogen-bond acceptors (Lipinski definition) is 4. The Bertz CT molecular complexity index is 634. The minimum absolute atomic E-state index is 0.179. The van der Waals surface area contributed by atoms with Crippen molar-refractivity contribution in [2.45, 2.75) is 103 Å². The molecule has 1 saturated heterocycles. The Kier molecular flexibility index (Phi) is 7.41. The molecule has 1 aliphatic rings. The molecule has 0 spiro atoms. The van der Waals surface area contributed by atoms with Gasteiger partial charge < -0.3 is 9.64 Å². The molecule has 28 heavy (non-hydrogen) atoms. The van der Waals surface area contributed by atoms with Crippen LogP contribution in [0.3, 0.4) is 0 Å². The molecule has 0 radical (unpaired) electrons. The van der Waals surface area contributed by atoms with E-state index in [9.17, 15) is 4.79 Å². The molecule has 0 aromatic carbocycles. The van der Waals surface area contributed by atoms with Crippen LogP contribution in [-0.4, -0.2) is 42.7 Å². The fraction of sp³-hybridized carbons (Fsp3) is 0.818. The summed E-state index contributed by atoms with van der Waals surface area (Å²) < 4.78 is 6.96. The van der Waals surface area contributed by atoms with Gasteiger partial charge in [0.15, 0.2) is 0 Å². The Balaban J connectivity index is 2.12. The molecule has 0 aliphatic carbocycles. The van der Waals surface area contributed by atoms with Crippen LogP contribution in [0.15, 0.2) is 6.20 Å². The lowest BCUT2D eigenvalue weighted by molar-refractivity contribution is 0.0205. The van der Waals surface area contributed by atoms with E-state index in [4.69, 9.17) is 9.72 Å². The van der Waals surface area contributed by atoms with Crippen molar-refractivity contribution in [1.82, 2.24) is 9.88 Å². The van der Waals surface area contributed by atoms with Crippen LogP contribution in [-0.2, 0) is 4.74 Å². The van der Waals surface area contributed by atoms with Crippen molar-refractivity contribution in [3.8, 4) is 0 Å². The highest BCUT2D eigenvalue weighted by atomic mass is 32.1. The number of carbonyl (C=O) groups excluding carboxylic acids is 1. The molecule has 1 aliphatic heterocycles. The van der Waals surface area contributed by atoms with E-state index in [2.05, 4.69) is 47.7 Å². The normalized spacial score (nSPS) is 17.1. The van der Waals surface area contributed by atoms with Crippen molar-refractivity contribution in [1.29, 1.82) is 0 Å². The van der Waals surface area contributed by atoms with E-state index in [1.165, 1.54) is 9.51 Å². The molecular formula is C22H40N2O2SSi. The first-order chi connectivity index (χ1) is 12.9. The van der Waals surface area contributed by atoms with Crippen molar-refractivity contribution in [3.05, 3.63) is 11.1 Å².